The lowest BCUT2D eigenvalue weighted by Crippen LogP contribution is -2.24. The molecule has 0 saturated carbocycles. The number of aromatic nitrogens is 2. The third-order valence-corrected chi connectivity index (χ3v) is 3.41. The van der Waals surface area contributed by atoms with Crippen LogP contribution in [0, 0.1) is 6.92 Å². The van der Waals surface area contributed by atoms with Crippen LogP contribution in [0.1, 0.15) is 21.6 Å². The first-order chi connectivity index (χ1) is 8.58. The molecule has 0 aliphatic carbocycles. The van der Waals surface area contributed by atoms with Gasteiger partial charge in [0, 0.05) is 17.7 Å². The third-order valence-electron chi connectivity index (χ3n) is 2.72. The summed E-state index contributed by atoms with van der Waals surface area (Å²) in [6.07, 6.45) is 1.71. The lowest BCUT2D eigenvalue weighted by Gasteiger charge is -2.08. The summed E-state index contributed by atoms with van der Waals surface area (Å²) in [4.78, 5) is 12.1. The summed E-state index contributed by atoms with van der Waals surface area (Å²) in [5.74, 6) is -0.0909. The lowest BCUT2D eigenvalue weighted by atomic mass is 10.1. The Bertz CT molecular complexity index is 577. The van der Waals surface area contributed by atoms with Crippen LogP contribution in [-0.2, 0) is 13.6 Å². The number of hydrogen-bond acceptors (Lipinski definition) is 2. The molecule has 2 aromatic rings. The van der Waals surface area contributed by atoms with E-state index in [1.165, 1.54) is 0 Å². The Morgan fingerprint density at radius 3 is 2.89 bits per heavy atom. The van der Waals surface area contributed by atoms with E-state index in [0.29, 0.717) is 12.1 Å². The first-order valence-electron chi connectivity index (χ1n) is 5.59. The number of carbonyl (C=O) groups is 1. The number of halogens is 1. The van der Waals surface area contributed by atoms with Gasteiger partial charge in [0.15, 0.2) is 0 Å². The third kappa shape index (κ3) is 2.79. The lowest BCUT2D eigenvalue weighted by molar-refractivity contribution is 0.0949. The Kier molecular flexibility index (Phi) is 3.81. The van der Waals surface area contributed by atoms with E-state index >= 15 is 0 Å². The van der Waals surface area contributed by atoms with Crippen LogP contribution in [0.4, 0.5) is 0 Å². The molecule has 0 aliphatic rings. The first kappa shape index (κ1) is 12.8. The van der Waals surface area contributed by atoms with Crippen LogP contribution >= 0.6 is 15.9 Å². The number of rotatable bonds is 3. The smallest absolute Gasteiger partial charge is 0.252 e. The molecule has 0 saturated heterocycles. The van der Waals surface area contributed by atoms with Gasteiger partial charge < -0.3 is 5.32 Å². The minimum atomic E-state index is -0.0909. The van der Waals surface area contributed by atoms with Crippen molar-refractivity contribution in [1.29, 1.82) is 0 Å². The number of amides is 1. The van der Waals surface area contributed by atoms with Gasteiger partial charge in [0.2, 0.25) is 0 Å². The fourth-order valence-corrected chi connectivity index (χ4v) is 2.08. The maximum absolute atomic E-state index is 12.1. The second-order valence-electron chi connectivity index (χ2n) is 4.11. The van der Waals surface area contributed by atoms with Crippen molar-refractivity contribution in [2.45, 2.75) is 13.5 Å². The molecule has 1 aromatic carbocycles. The maximum Gasteiger partial charge on any atom is 0.252 e. The zero-order valence-electron chi connectivity index (χ0n) is 10.3. The van der Waals surface area contributed by atoms with E-state index in [9.17, 15) is 4.79 Å². The molecule has 5 heteroatoms. The molecule has 0 aliphatic heterocycles. The summed E-state index contributed by atoms with van der Waals surface area (Å²) >= 11 is 3.39. The standard InChI is InChI=1S/C13H14BrN3O/c1-9-3-4-12(14)11(7-9)13(18)15-8-10-5-6-16-17(10)2/h3-7H,8H2,1-2H3,(H,15,18). The van der Waals surface area contributed by atoms with Gasteiger partial charge in [-0.3, -0.25) is 9.48 Å². The fraction of sp³-hybridized carbons (Fsp3) is 0.231. The van der Waals surface area contributed by atoms with E-state index in [4.69, 9.17) is 0 Å². The van der Waals surface area contributed by atoms with E-state index < -0.39 is 0 Å². The highest BCUT2D eigenvalue weighted by Gasteiger charge is 2.10. The predicted molar refractivity (Wildman–Crippen MR) is 73.3 cm³/mol. The van der Waals surface area contributed by atoms with Gasteiger partial charge in [-0.15, -0.1) is 0 Å². The van der Waals surface area contributed by atoms with Gasteiger partial charge in [-0.25, -0.2) is 0 Å². The summed E-state index contributed by atoms with van der Waals surface area (Å²) in [5, 5.41) is 6.94. The van der Waals surface area contributed by atoms with Crippen molar-refractivity contribution in [2.75, 3.05) is 0 Å². The van der Waals surface area contributed by atoms with Crippen molar-refractivity contribution in [3.63, 3.8) is 0 Å². The van der Waals surface area contributed by atoms with Crippen LogP contribution in [-0.4, -0.2) is 15.7 Å². The minimum absolute atomic E-state index is 0.0909. The molecular formula is C13H14BrN3O. The minimum Gasteiger partial charge on any atom is -0.346 e. The molecule has 1 amide bonds. The van der Waals surface area contributed by atoms with Gasteiger partial charge in [0.1, 0.15) is 0 Å². The van der Waals surface area contributed by atoms with Crippen LogP contribution < -0.4 is 5.32 Å². The van der Waals surface area contributed by atoms with Crippen LogP contribution in [0.3, 0.4) is 0 Å². The second-order valence-corrected chi connectivity index (χ2v) is 4.97. The second kappa shape index (κ2) is 5.35. The molecule has 4 nitrogen and oxygen atoms in total. The molecule has 0 radical (unpaired) electrons. The number of hydrogen-bond donors (Lipinski definition) is 1. The SMILES string of the molecule is Cc1ccc(Br)c(C(=O)NCc2ccnn2C)c1. The van der Waals surface area contributed by atoms with Gasteiger partial charge in [-0.05, 0) is 41.1 Å². The van der Waals surface area contributed by atoms with Crippen molar-refractivity contribution in [1.82, 2.24) is 15.1 Å². The van der Waals surface area contributed by atoms with E-state index in [1.54, 1.807) is 10.9 Å². The molecule has 18 heavy (non-hydrogen) atoms. The van der Waals surface area contributed by atoms with Gasteiger partial charge in [0.25, 0.3) is 5.91 Å². The topological polar surface area (TPSA) is 46.9 Å². The molecule has 94 valence electrons. The molecule has 1 heterocycles. The Morgan fingerprint density at radius 1 is 1.44 bits per heavy atom. The predicted octanol–water partition coefficient (Wildman–Crippen LogP) is 2.42. The van der Waals surface area contributed by atoms with Crippen molar-refractivity contribution in [3.05, 3.63) is 51.8 Å². The fourth-order valence-electron chi connectivity index (χ4n) is 1.65. The molecule has 0 fully saturated rings. The van der Waals surface area contributed by atoms with Crippen LogP contribution in [0.2, 0.25) is 0 Å². The highest BCUT2D eigenvalue weighted by Crippen LogP contribution is 2.18. The van der Waals surface area contributed by atoms with E-state index in [-0.39, 0.29) is 5.91 Å². The van der Waals surface area contributed by atoms with E-state index in [2.05, 4.69) is 26.3 Å². The van der Waals surface area contributed by atoms with Crippen molar-refractivity contribution >= 4 is 21.8 Å². The molecular weight excluding hydrogens is 294 g/mol. The number of aryl methyl sites for hydroxylation is 2. The largest absolute Gasteiger partial charge is 0.346 e. The molecule has 0 unspecified atom stereocenters. The Balaban J connectivity index is 2.08. The summed E-state index contributed by atoms with van der Waals surface area (Å²) in [6.45, 7) is 2.43. The average molecular weight is 308 g/mol. The Hall–Kier alpha value is -1.62. The summed E-state index contributed by atoms with van der Waals surface area (Å²) in [5.41, 5.74) is 2.67. The summed E-state index contributed by atoms with van der Waals surface area (Å²) < 4.78 is 2.54. The molecule has 1 aromatic heterocycles. The van der Waals surface area contributed by atoms with E-state index in [1.807, 2.05) is 38.2 Å². The normalized spacial score (nSPS) is 10.4. The van der Waals surface area contributed by atoms with Gasteiger partial charge in [0.05, 0.1) is 17.8 Å². The van der Waals surface area contributed by atoms with Crippen molar-refractivity contribution < 1.29 is 4.79 Å². The average Bonchev–Trinajstić information content (AvgIpc) is 2.75. The van der Waals surface area contributed by atoms with E-state index in [0.717, 1.165) is 15.7 Å². The highest BCUT2D eigenvalue weighted by atomic mass is 79.9. The van der Waals surface area contributed by atoms with Crippen LogP contribution in [0.15, 0.2) is 34.9 Å². The van der Waals surface area contributed by atoms with Crippen LogP contribution in [0.5, 0.6) is 0 Å². The Labute approximate surface area is 114 Å². The number of benzene rings is 1. The number of nitrogens with zero attached hydrogens (tertiary/aromatic N) is 2. The molecule has 1 N–H and O–H groups in total. The number of carbonyl (C=O) groups excluding carboxylic acids is 1. The maximum atomic E-state index is 12.1. The molecule has 0 atom stereocenters. The molecule has 0 spiro atoms. The van der Waals surface area contributed by atoms with Crippen molar-refractivity contribution in [2.24, 2.45) is 7.05 Å². The molecule has 0 bridgehead atoms. The first-order valence-corrected chi connectivity index (χ1v) is 6.38. The quantitative estimate of drug-likeness (QED) is 0.946. The van der Waals surface area contributed by atoms with Gasteiger partial charge >= 0.3 is 0 Å². The van der Waals surface area contributed by atoms with Crippen LogP contribution in [0.25, 0.3) is 0 Å². The van der Waals surface area contributed by atoms with Gasteiger partial charge in [-0.2, -0.15) is 5.10 Å². The molecule has 2 rings (SSSR count). The van der Waals surface area contributed by atoms with Gasteiger partial charge in [-0.1, -0.05) is 11.6 Å². The zero-order valence-corrected chi connectivity index (χ0v) is 11.9. The summed E-state index contributed by atoms with van der Waals surface area (Å²) in [6, 6.07) is 7.59. The highest BCUT2D eigenvalue weighted by molar-refractivity contribution is 9.10. The van der Waals surface area contributed by atoms with Crippen molar-refractivity contribution in [3.8, 4) is 0 Å². The summed E-state index contributed by atoms with van der Waals surface area (Å²) in [7, 11) is 1.85. The zero-order chi connectivity index (χ0) is 13.1. The Morgan fingerprint density at radius 2 is 2.22 bits per heavy atom. The monoisotopic (exact) mass is 307 g/mol. The number of nitrogens with one attached hydrogen (secondary N) is 1.